The number of piperazine rings is 1. The van der Waals surface area contributed by atoms with Gasteiger partial charge in [-0.3, -0.25) is 0 Å². The van der Waals surface area contributed by atoms with Crippen LogP contribution < -0.4 is 5.32 Å². The molecule has 4 nitrogen and oxygen atoms in total. The van der Waals surface area contributed by atoms with E-state index in [4.69, 9.17) is 0 Å². The third-order valence-electron chi connectivity index (χ3n) is 2.46. The van der Waals surface area contributed by atoms with Crippen LogP contribution in [-0.4, -0.2) is 55.6 Å². The molecule has 0 aromatic heterocycles. The summed E-state index contributed by atoms with van der Waals surface area (Å²) in [5.74, 6) is 0. The van der Waals surface area contributed by atoms with Crippen LogP contribution in [0.1, 0.15) is 6.92 Å². The Labute approximate surface area is 73.5 Å². The van der Waals surface area contributed by atoms with Gasteiger partial charge >= 0.3 is 6.03 Å². The summed E-state index contributed by atoms with van der Waals surface area (Å²) in [5, 5.41) is 2.64. The lowest BCUT2D eigenvalue weighted by Crippen LogP contribution is -2.54. The zero-order chi connectivity index (χ0) is 9.14. The lowest BCUT2D eigenvalue weighted by atomic mass is 10.2. The first-order valence-electron chi connectivity index (χ1n) is 4.32. The summed E-state index contributed by atoms with van der Waals surface area (Å²) in [5.41, 5.74) is 0. The number of carbonyl (C=O) groups is 1. The molecule has 0 aromatic rings. The Morgan fingerprint density at radius 1 is 1.50 bits per heavy atom. The molecule has 0 saturated carbocycles. The SMILES string of the molecule is CNC(=O)N1CCN(C)C(C)C1. The van der Waals surface area contributed by atoms with Gasteiger partial charge in [-0.15, -0.1) is 0 Å². The molecule has 12 heavy (non-hydrogen) atoms. The number of nitrogens with one attached hydrogen (secondary N) is 1. The number of hydrogen-bond acceptors (Lipinski definition) is 2. The van der Waals surface area contributed by atoms with Crippen molar-refractivity contribution >= 4 is 6.03 Å². The minimum Gasteiger partial charge on any atom is -0.341 e. The number of hydrogen-bond donors (Lipinski definition) is 1. The van der Waals surface area contributed by atoms with Gasteiger partial charge in [0.25, 0.3) is 0 Å². The van der Waals surface area contributed by atoms with E-state index in [1.807, 2.05) is 4.90 Å². The molecule has 1 aliphatic rings. The maximum Gasteiger partial charge on any atom is 0.317 e. The van der Waals surface area contributed by atoms with E-state index in [1.54, 1.807) is 7.05 Å². The van der Waals surface area contributed by atoms with E-state index in [-0.39, 0.29) is 6.03 Å². The quantitative estimate of drug-likeness (QED) is 0.555. The molecule has 0 aromatic carbocycles. The molecule has 1 heterocycles. The van der Waals surface area contributed by atoms with E-state index in [1.165, 1.54) is 0 Å². The summed E-state index contributed by atoms with van der Waals surface area (Å²) in [6, 6.07) is 0.506. The third kappa shape index (κ3) is 1.88. The first kappa shape index (κ1) is 9.32. The smallest absolute Gasteiger partial charge is 0.317 e. The van der Waals surface area contributed by atoms with E-state index >= 15 is 0 Å². The summed E-state index contributed by atoms with van der Waals surface area (Å²) in [6.07, 6.45) is 0. The molecule has 0 bridgehead atoms. The van der Waals surface area contributed by atoms with Gasteiger partial charge in [0.1, 0.15) is 0 Å². The third-order valence-corrected chi connectivity index (χ3v) is 2.46. The molecule has 2 amide bonds. The van der Waals surface area contributed by atoms with E-state index < -0.39 is 0 Å². The second kappa shape index (κ2) is 3.76. The zero-order valence-corrected chi connectivity index (χ0v) is 8.00. The molecule has 1 aliphatic heterocycles. The molecule has 1 N–H and O–H groups in total. The van der Waals surface area contributed by atoms with Crippen molar-refractivity contribution in [2.24, 2.45) is 0 Å². The highest BCUT2D eigenvalue weighted by Gasteiger charge is 2.23. The first-order valence-corrected chi connectivity index (χ1v) is 4.32. The van der Waals surface area contributed by atoms with Gasteiger partial charge < -0.3 is 15.1 Å². The van der Waals surface area contributed by atoms with Gasteiger partial charge in [0.05, 0.1) is 0 Å². The largest absolute Gasteiger partial charge is 0.341 e. The van der Waals surface area contributed by atoms with Crippen LogP contribution in [-0.2, 0) is 0 Å². The Morgan fingerprint density at radius 2 is 2.17 bits per heavy atom. The molecular formula is C8H17N3O. The summed E-state index contributed by atoms with van der Waals surface area (Å²) >= 11 is 0. The summed E-state index contributed by atoms with van der Waals surface area (Å²) in [7, 11) is 3.76. The van der Waals surface area contributed by atoms with Crippen LogP contribution in [0.5, 0.6) is 0 Å². The zero-order valence-electron chi connectivity index (χ0n) is 8.00. The van der Waals surface area contributed by atoms with Crippen molar-refractivity contribution in [1.29, 1.82) is 0 Å². The molecule has 4 heteroatoms. The fourth-order valence-electron chi connectivity index (χ4n) is 1.39. The van der Waals surface area contributed by atoms with Gasteiger partial charge in [0.2, 0.25) is 0 Å². The summed E-state index contributed by atoms with van der Waals surface area (Å²) in [4.78, 5) is 15.3. The number of carbonyl (C=O) groups excluding carboxylic acids is 1. The van der Waals surface area contributed by atoms with Crippen molar-refractivity contribution in [2.75, 3.05) is 33.7 Å². The van der Waals surface area contributed by atoms with Crippen molar-refractivity contribution in [3.8, 4) is 0 Å². The molecule has 70 valence electrons. The Kier molecular flexibility index (Phi) is 2.92. The molecule has 0 radical (unpaired) electrons. The second-order valence-corrected chi connectivity index (χ2v) is 3.33. The molecular weight excluding hydrogens is 154 g/mol. The second-order valence-electron chi connectivity index (χ2n) is 3.33. The minimum absolute atomic E-state index is 0.0370. The summed E-state index contributed by atoms with van der Waals surface area (Å²) in [6.45, 7) is 4.76. The van der Waals surface area contributed by atoms with Gasteiger partial charge in [-0.05, 0) is 14.0 Å². The average Bonchev–Trinajstić information content (AvgIpc) is 2.08. The first-order chi connectivity index (χ1) is 5.65. The number of likely N-dealkylation sites (N-methyl/N-ethyl adjacent to an activating group) is 1. The van der Waals surface area contributed by atoms with Crippen molar-refractivity contribution in [2.45, 2.75) is 13.0 Å². The van der Waals surface area contributed by atoms with Gasteiger partial charge in [-0.2, -0.15) is 0 Å². The maximum atomic E-state index is 11.2. The van der Waals surface area contributed by atoms with E-state index in [0.717, 1.165) is 19.6 Å². The predicted octanol–water partition coefficient (Wildman–Crippen LogP) is -0.0383. The molecule has 1 fully saturated rings. The Morgan fingerprint density at radius 3 is 2.67 bits per heavy atom. The van der Waals surface area contributed by atoms with E-state index in [9.17, 15) is 4.79 Å². The summed E-state index contributed by atoms with van der Waals surface area (Å²) < 4.78 is 0. The molecule has 1 rings (SSSR count). The van der Waals surface area contributed by atoms with Crippen LogP contribution in [0.15, 0.2) is 0 Å². The predicted molar refractivity (Wildman–Crippen MR) is 48.1 cm³/mol. The molecule has 0 aliphatic carbocycles. The minimum atomic E-state index is 0.0370. The monoisotopic (exact) mass is 171 g/mol. The van der Waals surface area contributed by atoms with Crippen LogP contribution >= 0.6 is 0 Å². The van der Waals surface area contributed by atoms with Crippen LogP contribution in [0.3, 0.4) is 0 Å². The number of amides is 2. The molecule has 0 spiro atoms. The lowest BCUT2D eigenvalue weighted by molar-refractivity contribution is 0.119. The van der Waals surface area contributed by atoms with Crippen molar-refractivity contribution in [1.82, 2.24) is 15.1 Å². The van der Waals surface area contributed by atoms with Crippen molar-refractivity contribution < 1.29 is 4.79 Å². The highest BCUT2D eigenvalue weighted by Crippen LogP contribution is 2.06. The molecule has 1 unspecified atom stereocenters. The van der Waals surface area contributed by atoms with Crippen LogP contribution in [0.2, 0.25) is 0 Å². The number of nitrogens with zero attached hydrogens (tertiary/aromatic N) is 2. The van der Waals surface area contributed by atoms with E-state index in [2.05, 4.69) is 24.2 Å². The van der Waals surface area contributed by atoms with Crippen molar-refractivity contribution in [3.05, 3.63) is 0 Å². The highest BCUT2D eigenvalue weighted by molar-refractivity contribution is 5.73. The number of urea groups is 1. The van der Waals surface area contributed by atoms with Gasteiger partial charge in [0.15, 0.2) is 0 Å². The van der Waals surface area contributed by atoms with E-state index in [0.29, 0.717) is 6.04 Å². The van der Waals surface area contributed by atoms with Gasteiger partial charge in [-0.25, -0.2) is 4.79 Å². The standard InChI is InChI=1S/C8H17N3O/c1-7-6-11(8(12)9-2)5-4-10(7)3/h7H,4-6H2,1-3H3,(H,9,12). The molecule has 1 atom stereocenters. The van der Waals surface area contributed by atoms with Gasteiger partial charge in [-0.1, -0.05) is 0 Å². The Hall–Kier alpha value is -0.770. The Balaban J connectivity index is 2.45. The fourth-order valence-corrected chi connectivity index (χ4v) is 1.39. The maximum absolute atomic E-state index is 11.2. The number of rotatable bonds is 0. The lowest BCUT2D eigenvalue weighted by Gasteiger charge is -2.37. The van der Waals surface area contributed by atoms with Crippen LogP contribution in [0.25, 0.3) is 0 Å². The van der Waals surface area contributed by atoms with Crippen molar-refractivity contribution in [3.63, 3.8) is 0 Å². The topological polar surface area (TPSA) is 35.6 Å². The fraction of sp³-hybridized carbons (Fsp3) is 0.875. The van der Waals surface area contributed by atoms with Crippen LogP contribution in [0.4, 0.5) is 4.79 Å². The normalized spacial score (nSPS) is 25.6. The average molecular weight is 171 g/mol. The highest BCUT2D eigenvalue weighted by atomic mass is 16.2. The Bertz CT molecular complexity index is 172. The van der Waals surface area contributed by atoms with Crippen LogP contribution in [0, 0.1) is 0 Å². The van der Waals surface area contributed by atoms with Gasteiger partial charge in [0, 0.05) is 32.7 Å². The molecule has 1 saturated heterocycles.